The lowest BCUT2D eigenvalue weighted by Gasteiger charge is -2.26. The number of hydrogen-bond acceptors (Lipinski definition) is 3. The molecule has 1 aromatic carbocycles. The van der Waals surface area contributed by atoms with Crippen molar-refractivity contribution >= 4 is 21.9 Å². The molecule has 1 aliphatic carbocycles. The lowest BCUT2D eigenvalue weighted by Crippen LogP contribution is -2.48. The smallest absolute Gasteiger partial charge is 0.191 e. The molecule has 1 saturated carbocycles. The van der Waals surface area contributed by atoms with Crippen LogP contribution in [-0.2, 0) is 18.4 Å². The van der Waals surface area contributed by atoms with Crippen LogP contribution >= 0.6 is 15.9 Å². The van der Waals surface area contributed by atoms with Gasteiger partial charge in [0.05, 0.1) is 6.54 Å². The van der Waals surface area contributed by atoms with Crippen LogP contribution in [0.25, 0.3) is 0 Å². The van der Waals surface area contributed by atoms with Gasteiger partial charge in [-0.15, -0.1) is 0 Å². The molecule has 138 valence electrons. The fourth-order valence-corrected chi connectivity index (χ4v) is 4.13. The third-order valence-electron chi connectivity index (χ3n) is 5.41. The summed E-state index contributed by atoms with van der Waals surface area (Å²) >= 11 is 3.59. The third-order valence-corrected chi connectivity index (χ3v) is 5.91. The zero-order valence-electron chi connectivity index (χ0n) is 15.3. The maximum Gasteiger partial charge on any atom is 0.191 e. The molecule has 1 aliphatic heterocycles. The zero-order chi connectivity index (χ0) is 18.1. The van der Waals surface area contributed by atoms with Crippen molar-refractivity contribution in [2.45, 2.75) is 50.6 Å². The molecule has 2 aliphatic rings. The molecule has 1 unspecified atom stereocenters. The minimum absolute atomic E-state index is 0.240. The van der Waals surface area contributed by atoms with Crippen LogP contribution in [0, 0.1) is 6.92 Å². The van der Waals surface area contributed by atoms with Crippen LogP contribution in [-0.4, -0.2) is 40.4 Å². The molecule has 1 atom stereocenters. The lowest BCUT2D eigenvalue weighted by molar-refractivity contribution is 0.392. The number of aryl methyl sites for hydroxylation is 2. The van der Waals surface area contributed by atoms with E-state index >= 15 is 0 Å². The molecular formula is C19H25BrN6. The third kappa shape index (κ3) is 3.63. The molecular weight excluding hydrogens is 392 g/mol. The van der Waals surface area contributed by atoms with E-state index < -0.39 is 0 Å². The number of aromatic nitrogens is 3. The second-order valence-electron chi connectivity index (χ2n) is 7.35. The number of fused-ring (bicyclic) bond motifs is 1. The van der Waals surface area contributed by atoms with Gasteiger partial charge >= 0.3 is 0 Å². The first kappa shape index (κ1) is 17.5. The number of nitrogens with zero attached hydrogens (tertiary/aromatic N) is 4. The molecule has 1 fully saturated rings. The standard InChI is InChI=1S/C19H25BrN6/c1-13-23-17-7-6-16(11-26(17)25-13)24-18(21-2)22-12-19(8-9-19)14-4-3-5-15(20)10-14/h3-5,10,16H,6-9,11-12H2,1-2H3,(H2,21,22,24). The fourth-order valence-electron chi connectivity index (χ4n) is 3.73. The molecule has 6 nitrogen and oxygen atoms in total. The Morgan fingerprint density at radius 2 is 2.27 bits per heavy atom. The van der Waals surface area contributed by atoms with Gasteiger partial charge in [-0.05, 0) is 43.9 Å². The summed E-state index contributed by atoms with van der Waals surface area (Å²) in [4.78, 5) is 8.90. The molecule has 0 saturated heterocycles. The van der Waals surface area contributed by atoms with E-state index in [1.165, 1.54) is 18.4 Å². The number of hydrogen-bond donors (Lipinski definition) is 2. The van der Waals surface area contributed by atoms with E-state index in [1.807, 2.05) is 18.7 Å². The van der Waals surface area contributed by atoms with Gasteiger partial charge in [0.2, 0.25) is 0 Å². The van der Waals surface area contributed by atoms with Crippen molar-refractivity contribution in [3.8, 4) is 0 Å². The van der Waals surface area contributed by atoms with Crippen molar-refractivity contribution in [3.05, 3.63) is 46.0 Å². The summed E-state index contributed by atoms with van der Waals surface area (Å²) in [6.07, 6.45) is 4.45. The summed E-state index contributed by atoms with van der Waals surface area (Å²) in [7, 11) is 1.84. The first-order chi connectivity index (χ1) is 12.6. The Hall–Kier alpha value is -1.89. The van der Waals surface area contributed by atoms with Crippen molar-refractivity contribution in [2.75, 3.05) is 13.6 Å². The predicted molar refractivity (Wildman–Crippen MR) is 106 cm³/mol. The molecule has 26 heavy (non-hydrogen) atoms. The quantitative estimate of drug-likeness (QED) is 0.593. The molecule has 0 bridgehead atoms. The van der Waals surface area contributed by atoms with E-state index in [1.54, 1.807) is 0 Å². The fraction of sp³-hybridized carbons (Fsp3) is 0.526. The average molecular weight is 417 g/mol. The Labute approximate surface area is 162 Å². The first-order valence-corrected chi connectivity index (χ1v) is 10.0. The Balaban J connectivity index is 1.36. The number of guanidine groups is 1. The van der Waals surface area contributed by atoms with E-state index in [0.29, 0.717) is 6.04 Å². The zero-order valence-corrected chi connectivity index (χ0v) is 16.9. The molecule has 2 heterocycles. The second kappa shape index (κ2) is 7.02. The van der Waals surface area contributed by atoms with Gasteiger partial charge in [-0.1, -0.05) is 28.1 Å². The lowest BCUT2D eigenvalue weighted by atomic mass is 9.96. The molecule has 4 rings (SSSR count). The summed E-state index contributed by atoms with van der Waals surface area (Å²) in [5.74, 6) is 2.82. The highest BCUT2D eigenvalue weighted by molar-refractivity contribution is 9.10. The van der Waals surface area contributed by atoms with Gasteiger partial charge in [0, 0.05) is 35.9 Å². The van der Waals surface area contributed by atoms with Crippen LogP contribution in [0.3, 0.4) is 0 Å². The summed E-state index contributed by atoms with van der Waals surface area (Å²) in [6.45, 7) is 3.70. The van der Waals surface area contributed by atoms with Gasteiger partial charge in [0.15, 0.2) is 5.96 Å². The average Bonchev–Trinajstić information content (AvgIpc) is 3.33. The normalized spacial score (nSPS) is 21.2. The van der Waals surface area contributed by atoms with Crippen LogP contribution < -0.4 is 10.6 Å². The number of halogens is 1. The summed E-state index contributed by atoms with van der Waals surface area (Å²) in [5.41, 5.74) is 1.64. The topological polar surface area (TPSA) is 67.1 Å². The van der Waals surface area contributed by atoms with Gasteiger partial charge < -0.3 is 10.6 Å². The Bertz CT molecular complexity index is 823. The molecule has 0 radical (unpaired) electrons. The molecule has 2 aromatic rings. The number of nitrogens with one attached hydrogen (secondary N) is 2. The minimum Gasteiger partial charge on any atom is -0.356 e. The van der Waals surface area contributed by atoms with Crippen LogP contribution in [0.1, 0.15) is 36.5 Å². The van der Waals surface area contributed by atoms with Crippen LogP contribution in [0.2, 0.25) is 0 Å². The van der Waals surface area contributed by atoms with Crippen molar-refractivity contribution in [3.63, 3.8) is 0 Å². The van der Waals surface area contributed by atoms with Gasteiger partial charge in [-0.25, -0.2) is 9.67 Å². The molecule has 0 spiro atoms. The Morgan fingerprint density at radius 3 is 3.00 bits per heavy atom. The number of rotatable bonds is 4. The monoisotopic (exact) mass is 416 g/mol. The van der Waals surface area contributed by atoms with Crippen molar-refractivity contribution in [1.29, 1.82) is 0 Å². The van der Waals surface area contributed by atoms with Crippen LogP contribution in [0.15, 0.2) is 33.7 Å². The van der Waals surface area contributed by atoms with Crippen LogP contribution in [0.4, 0.5) is 0 Å². The van der Waals surface area contributed by atoms with E-state index in [9.17, 15) is 0 Å². The largest absolute Gasteiger partial charge is 0.356 e. The SMILES string of the molecule is CN=C(NCC1(c2cccc(Br)c2)CC1)NC1CCc2nc(C)nn2C1. The van der Waals surface area contributed by atoms with Crippen molar-refractivity contribution in [1.82, 2.24) is 25.4 Å². The maximum absolute atomic E-state index is 4.48. The summed E-state index contributed by atoms with van der Waals surface area (Å²) < 4.78 is 3.16. The summed E-state index contributed by atoms with van der Waals surface area (Å²) in [5, 5.41) is 11.6. The Kier molecular flexibility index (Phi) is 4.73. The first-order valence-electron chi connectivity index (χ1n) is 9.21. The van der Waals surface area contributed by atoms with Gasteiger partial charge in [0.25, 0.3) is 0 Å². The Morgan fingerprint density at radius 1 is 1.42 bits per heavy atom. The molecule has 1 aromatic heterocycles. The van der Waals surface area contributed by atoms with E-state index in [4.69, 9.17) is 0 Å². The highest BCUT2D eigenvalue weighted by Crippen LogP contribution is 2.48. The maximum atomic E-state index is 4.48. The van der Waals surface area contributed by atoms with E-state index in [2.05, 4.69) is 65.9 Å². The van der Waals surface area contributed by atoms with E-state index in [-0.39, 0.29) is 5.41 Å². The number of aliphatic imine (C=N–C) groups is 1. The second-order valence-corrected chi connectivity index (χ2v) is 8.27. The molecule has 7 heteroatoms. The minimum atomic E-state index is 0.240. The molecule has 2 N–H and O–H groups in total. The van der Waals surface area contributed by atoms with E-state index in [0.717, 1.165) is 48.0 Å². The predicted octanol–water partition coefficient (Wildman–Crippen LogP) is 2.56. The van der Waals surface area contributed by atoms with Gasteiger partial charge in [0.1, 0.15) is 11.6 Å². The van der Waals surface area contributed by atoms with Crippen LogP contribution in [0.5, 0.6) is 0 Å². The van der Waals surface area contributed by atoms with Crippen molar-refractivity contribution in [2.24, 2.45) is 4.99 Å². The summed E-state index contributed by atoms with van der Waals surface area (Å²) in [6, 6.07) is 8.99. The van der Waals surface area contributed by atoms with Gasteiger partial charge in [-0.3, -0.25) is 4.99 Å². The number of benzene rings is 1. The highest BCUT2D eigenvalue weighted by Gasteiger charge is 2.44. The highest BCUT2D eigenvalue weighted by atomic mass is 79.9. The van der Waals surface area contributed by atoms with Crippen molar-refractivity contribution < 1.29 is 0 Å². The molecule has 0 amide bonds. The van der Waals surface area contributed by atoms with Gasteiger partial charge in [-0.2, -0.15) is 5.10 Å².